The van der Waals surface area contributed by atoms with E-state index >= 15 is 0 Å². The minimum Gasteiger partial charge on any atom is -0.480 e. The van der Waals surface area contributed by atoms with Crippen molar-refractivity contribution in [3.63, 3.8) is 0 Å². The van der Waals surface area contributed by atoms with Crippen LogP contribution in [-0.2, 0) is 11.2 Å². The Labute approximate surface area is 132 Å². The molecule has 1 aliphatic heterocycles. The fourth-order valence-electron chi connectivity index (χ4n) is 2.38. The van der Waals surface area contributed by atoms with Gasteiger partial charge in [-0.2, -0.15) is 0 Å². The van der Waals surface area contributed by atoms with Gasteiger partial charge in [0.05, 0.1) is 20.1 Å². The highest BCUT2D eigenvalue weighted by atomic mass is 32.1. The fraction of sp³-hybridized carbons (Fsp3) is 0.400. The van der Waals surface area contributed by atoms with Crippen LogP contribution in [0.3, 0.4) is 0 Å². The van der Waals surface area contributed by atoms with Crippen LogP contribution in [-0.4, -0.2) is 47.3 Å². The zero-order valence-corrected chi connectivity index (χ0v) is 13.1. The second kappa shape index (κ2) is 6.74. The van der Waals surface area contributed by atoms with Gasteiger partial charge in [-0.3, -0.25) is 4.79 Å². The number of hydrogen-bond donors (Lipinski definition) is 0. The SMILES string of the molecule is COc1ccc(OC2CCN(C(=O)Cc3cccs3)C2)nn1. The van der Waals surface area contributed by atoms with E-state index in [1.807, 2.05) is 22.4 Å². The minimum absolute atomic E-state index is 0.0324. The second-order valence-corrected chi connectivity index (χ2v) is 6.07. The molecule has 1 atom stereocenters. The molecule has 2 aromatic rings. The van der Waals surface area contributed by atoms with Gasteiger partial charge >= 0.3 is 0 Å². The number of thiophene rings is 1. The maximum absolute atomic E-state index is 12.2. The van der Waals surface area contributed by atoms with Crippen LogP contribution in [0.25, 0.3) is 0 Å². The molecule has 0 radical (unpaired) electrons. The summed E-state index contributed by atoms with van der Waals surface area (Å²) in [5, 5.41) is 9.80. The normalized spacial score (nSPS) is 17.5. The first-order valence-corrected chi connectivity index (χ1v) is 7.97. The lowest BCUT2D eigenvalue weighted by Crippen LogP contribution is -2.32. The Bertz CT molecular complexity index is 615. The van der Waals surface area contributed by atoms with Crippen LogP contribution in [0.2, 0.25) is 0 Å². The van der Waals surface area contributed by atoms with Crippen molar-refractivity contribution >= 4 is 17.2 Å². The lowest BCUT2D eigenvalue weighted by atomic mass is 10.3. The predicted octanol–water partition coefficient (Wildman–Crippen LogP) is 1.77. The van der Waals surface area contributed by atoms with Gasteiger partial charge in [0.25, 0.3) is 0 Å². The summed E-state index contributed by atoms with van der Waals surface area (Å²) in [6.07, 6.45) is 1.24. The number of carbonyl (C=O) groups is 1. The number of ether oxygens (including phenoxy) is 2. The topological polar surface area (TPSA) is 64.6 Å². The Morgan fingerprint density at radius 1 is 1.36 bits per heavy atom. The van der Waals surface area contributed by atoms with Crippen molar-refractivity contribution < 1.29 is 14.3 Å². The molecule has 3 heterocycles. The molecule has 0 saturated carbocycles. The summed E-state index contributed by atoms with van der Waals surface area (Å²) in [7, 11) is 1.54. The Balaban J connectivity index is 1.52. The Morgan fingerprint density at radius 2 is 2.18 bits per heavy atom. The number of aromatic nitrogens is 2. The van der Waals surface area contributed by atoms with E-state index < -0.39 is 0 Å². The van der Waals surface area contributed by atoms with Crippen molar-refractivity contribution in [2.75, 3.05) is 20.2 Å². The van der Waals surface area contributed by atoms with Crippen LogP contribution in [0.4, 0.5) is 0 Å². The zero-order valence-electron chi connectivity index (χ0n) is 12.3. The van der Waals surface area contributed by atoms with Crippen LogP contribution in [0.1, 0.15) is 11.3 Å². The fourth-order valence-corrected chi connectivity index (χ4v) is 3.07. The van der Waals surface area contributed by atoms with Crippen molar-refractivity contribution in [2.24, 2.45) is 0 Å². The highest BCUT2D eigenvalue weighted by molar-refractivity contribution is 7.10. The molecule has 1 amide bonds. The first-order chi connectivity index (χ1) is 10.7. The third kappa shape index (κ3) is 3.54. The first-order valence-electron chi connectivity index (χ1n) is 7.09. The standard InChI is InChI=1S/C15H17N3O3S/c1-20-13-4-5-14(17-16-13)21-11-6-7-18(10-11)15(19)9-12-3-2-8-22-12/h2-5,8,11H,6-7,9-10H2,1H3. The Kier molecular flexibility index (Phi) is 4.53. The number of nitrogens with zero attached hydrogens (tertiary/aromatic N) is 3. The monoisotopic (exact) mass is 319 g/mol. The summed E-state index contributed by atoms with van der Waals surface area (Å²) in [6, 6.07) is 7.38. The van der Waals surface area contributed by atoms with E-state index in [0.29, 0.717) is 24.7 Å². The lowest BCUT2D eigenvalue weighted by molar-refractivity contribution is -0.129. The van der Waals surface area contributed by atoms with Crippen LogP contribution in [0, 0.1) is 0 Å². The van der Waals surface area contributed by atoms with Gasteiger partial charge in [0.1, 0.15) is 6.10 Å². The maximum atomic E-state index is 12.2. The van der Waals surface area contributed by atoms with Crippen LogP contribution in [0.15, 0.2) is 29.6 Å². The molecule has 1 unspecified atom stereocenters. The van der Waals surface area contributed by atoms with Gasteiger partial charge in [-0.05, 0) is 11.4 Å². The molecule has 0 aromatic carbocycles. The maximum Gasteiger partial charge on any atom is 0.233 e. The van der Waals surface area contributed by atoms with Crippen molar-refractivity contribution in [1.82, 2.24) is 15.1 Å². The van der Waals surface area contributed by atoms with E-state index in [9.17, 15) is 4.79 Å². The lowest BCUT2D eigenvalue weighted by Gasteiger charge is -2.16. The quantitative estimate of drug-likeness (QED) is 0.840. The molecule has 116 valence electrons. The van der Waals surface area contributed by atoms with Crippen molar-refractivity contribution in [3.05, 3.63) is 34.5 Å². The number of likely N-dealkylation sites (tertiary alicyclic amines) is 1. The average molecular weight is 319 g/mol. The van der Waals surface area contributed by atoms with E-state index in [1.165, 1.54) is 0 Å². The summed E-state index contributed by atoms with van der Waals surface area (Å²) < 4.78 is 10.7. The Hall–Kier alpha value is -2.15. The van der Waals surface area contributed by atoms with Crippen molar-refractivity contribution in [2.45, 2.75) is 18.9 Å². The number of amides is 1. The summed E-state index contributed by atoms with van der Waals surface area (Å²) in [5.74, 6) is 1.05. The van der Waals surface area contributed by atoms with Crippen molar-refractivity contribution in [3.8, 4) is 11.8 Å². The smallest absolute Gasteiger partial charge is 0.233 e. The molecule has 7 heteroatoms. The molecule has 1 aliphatic rings. The summed E-state index contributed by atoms with van der Waals surface area (Å²) in [6.45, 7) is 1.32. The van der Waals surface area contributed by atoms with Gasteiger partial charge < -0.3 is 14.4 Å². The van der Waals surface area contributed by atoms with Crippen molar-refractivity contribution in [1.29, 1.82) is 0 Å². The molecule has 0 spiro atoms. The van der Waals surface area contributed by atoms with Gasteiger partial charge in [0.2, 0.25) is 17.7 Å². The summed E-state index contributed by atoms with van der Waals surface area (Å²) in [5.41, 5.74) is 0. The van der Waals surface area contributed by atoms with Crippen LogP contribution in [0.5, 0.6) is 11.8 Å². The molecule has 0 aliphatic carbocycles. The first kappa shape index (κ1) is 14.8. The number of carbonyl (C=O) groups excluding carboxylic acids is 1. The predicted molar refractivity (Wildman–Crippen MR) is 82.2 cm³/mol. The van der Waals surface area contributed by atoms with E-state index in [4.69, 9.17) is 9.47 Å². The third-order valence-electron chi connectivity index (χ3n) is 3.52. The van der Waals surface area contributed by atoms with Gasteiger partial charge in [-0.15, -0.1) is 21.5 Å². The van der Waals surface area contributed by atoms with Gasteiger partial charge in [0, 0.05) is 30.0 Å². The van der Waals surface area contributed by atoms with E-state index in [0.717, 1.165) is 17.8 Å². The molecule has 3 rings (SSSR count). The molecule has 2 aromatic heterocycles. The third-order valence-corrected chi connectivity index (χ3v) is 4.39. The molecular formula is C15H17N3O3S. The minimum atomic E-state index is -0.0324. The molecular weight excluding hydrogens is 302 g/mol. The molecule has 1 fully saturated rings. The average Bonchev–Trinajstić information content (AvgIpc) is 3.20. The largest absolute Gasteiger partial charge is 0.480 e. The van der Waals surface area contributed by atoms with Crippen LogP contribution < -0.4 is 9.47 Å². The van der Waals surface area contributed by atoms with Crippen LogP contribution >= 0.6 is 11.3 Å². The molecule has 6 nitrogen and oxygen atoms in total. The van der Waals surface area contributed by atoms with E-state index in [1.54, 1.807) is 30.6 Å². The van der Waals surface area contributed by atoms with Gasteiger partial charge in [-0.25, -0.2) is 0 Å². The number of hydrogen-bond acceptors (Lipinski definition) is 6. The summed E-state index contributed by atoms with van der Waals surface area (Å²) in [4.78, 5) is 15.2. The second-order valence-electron chi connectivity index (χ2n) is 5.04. The molecule has 22 heavy (non-hydrogen) atoms. The van der Waals surface area contributed by atoms with E-state index in [2.05, 4.69) is 10.2 Å². The Morgan fingerprint density at radius 3 is 2.86 bits per heavy atom. The summed E-state index contributed by atoms with van der Waals surface area (Å²) >= 11 is 1.61. The van der Waals surface area contributed by atoms with E-state index in [-0.39, 0.29) is 12.0 Å². The molecule has 1 saturated heterocycles. The molecule has 0 N–H and O–H groups in total. The highest BCUT2D eigenvalue weighted by Gasteiger charge is 2.28. The number of rotatable bonds is 5. The zero-order chi connectivity index (χ0) is 15.4. The molecule has 0 bridgehead atoms. The van der Waals surface area contributed by atoms with Gasteiger partial charge in [0.15, 0.2) is 0 Å². The highest BCUT2D eigenvalue weighted by Crippen LogP contribution is 2.19. The number of methoxy groups -OCH3 is 1. The van der Waals surface area contributed by atoms with Gasteiger partial charge in [-0.1, -0.05) is 6.07 Å².